The maximum absolute atomic E-state index is 12.7. The summed E-state index contributed by atoms with van der Waals surface area (Å²) < 4.78 is 0. The number of nitrogens with zero attached hydrogens (tertiary/aromatic N) is 4. The Morgan fingerprint density at radius 2 is 1.77 bits per heavy atom. The van der Waals surface area contributed by atoms with E-state index in [1.165, 1.54) is 0 Å². The average Bonchev–Trinajstić information content (AvgIpc) is 2.55. The Hall–Kier alpha value is -2.63. The van der Waals surface area contributed by atoms with Gasteiger partial charge in [-0.1, -0.05) is 12.1 Å². The number of hydrogen-bond acceptors (Lipinski definition) is 5. The van der Waals surface area contributed by atoms with Crippen LogP contribution in [0.15, 0.2) is 36.7 Å². The van der Waals surface area contributed by atoms with Gasteiger partial charge in [-0.15, -0.1) is 0 Å². The Bertz CT molecular complexity index is 645. The number of piperazine rings is 1. The van der Waals surface area contributed by atoms with Crippen LogP contribution in [0.3, 0.4) is 0 Å². The summed E-state index contributed by atoms with van der Waals surface area (Å²) >= 11 is 0. The van der Waals surface area contributed by atoms with Crippen LogP contribution in [0.5, 0.6) is 0 Å². The maximum Gasteiger partial charge on any atom is 0.256 e. The van der Waals surface area contributed by atoms with Gasteiger partial charge in [-0.25, -0.2) is 9.97 Å². The summed E-state index contributed by atoms with van der Waals surface area (Å²) in [6.07, 6.45) is 3.46. The second-order valence-electron chi connectivity index (χ2n) is 5.37. The number of nitrogen functional groups attached to an aromatic ring is 1. The number of aryl methyl sites for hydroxylation is 1. The van der Waals surface area contributed by atoms with Crippen molar-refractivity contribution < 1.29 is 4.79 Å². The number of benzene rings is 1. The van der Waals surface area contributed by atoms with Gasteiger partial charge in [0.1, 0.15) is 0 Å². The van der Waals surface area contributed by atoms with E-state index in [0.717, 1.165) is 18.7 Å². The number of amides is 1. The van der Waals surface area contributed by atoms with Crippen molar-refractivity contribution in [3.8, 4) is 0 Å². The number of rotatable bonds is 2. The molecule has 3 rings (SSSR count). The van der Waals surface area contributed by atoms with Crippen LogP contribution in [0.2, 0.25) is 0 Å². The van der Waals surface area contributed by atoms with Crippen molar-refractivity contribution >= 4 is 17.5 Å². The van der Waals surface area contributed by atoms with Crippen LogP contribution in [-0.2, 0) is 0 Å². The number of anilines is 2. The molecule has 6 heteroatoms. The molecular weight excluding hydrogens is 278 g/mol. The van der Waals surface area contributed by atoms with E-state index in [1.807, 2.05) is 24.0 Å². The first-order chi connectivity index (χ1) is 10.7. The van der Waals surface area contributed by atoms with E-state index in [0.29, 0.717) is 30.3 Å². The fourth-order valence-electron chi connectivity index (χ4n) is 2.70. The Morgan fingerprint density at radius 3 is 2.41 bits per heavy atom. The third-order valence-corrected chi connectivity index (χ3v) is 3.92. The third kappa shape index (κ3) is 2.72. The summed E-state index contributed by atoms with van der Waals surface area (Å²) in [5, 5.41) is 0. The van der Waals surface area contributed by atoms with Crippen molar-refractivity contribution in [3.63, 3.8) is 0 Å². The molecule has 1 saturated heterocycles. The molecule has 0 radical (unpaired) electrons. The molecule has 0 atom stereocenters. The van der Waals surface area contributed by atoms with E-state index in [9.17, 15) is 4.79 Å². The van der Waals surface area contributed by atoms with Gasteiger partial charge in [-0.05, 0) is 24.6 Å². The first kappa shape index (κ1) is 14.3. The van der Waals surface area contributed by atoms with E-state index >= 15 is 0 Å². The summed E-state index contributed by atoms with van der Waals surface area (Å²) in [7, 11) is 0. The van der Waals surface area contributed by atoms with Crippen LogP contribution in [0.4, 0.5) is 11.6 Å². The maximum atomic E-state index is 12.7. The van der Waals surface area contributed by atoms with Gasteiger partial charge in [-0.3, -0.25) is 4.79 Å². The molecule has 0 unspecified atom stereocenters. The zero-order valence-corrected chi connectivity index (χ0v) is 12.6. The van der Waals surface area contributed by atoms with E-state index < -0.39 is 0 Å². The molecule has 1 amide bonds. The van der Waals surface area contributed by atoms with E-state index in [-0.39, 0.29) is 5.91 Å². The molecule has 114 valence electrons. The second kappa shape index (κ2) is 6.01. The van der Waals surface area contributed by atoms with Crippen LogP contribution < -0.4 is 10.6 Å². The van der Waals surface area contributed by atoms with Crippen LogP contribution in [0, 0.1) is 6.92 Å². The molecule has 0 bridgehead atoms. The number of hydrogen-bond donors (Lipinski definition) is 1. The molecule has 1 fully saturated rings. The van der Waals surface area contributed by atoms with E-state index in [4.69, 9.17) is 5.73 Å². The monoisotopic (exact) mass is 297 g/mol. The average molecular weight is 297 g/mol. The smallest absolute Gasteiger partial charge is 0.256 e. The second-order valence-corrected chi connectivity index (χ2v) is 5.37. The van der Waals surface area contributed by atoms with Gasteiger partial charge in [0.2, 0.25) is 5.95 Å². The lowest BCUT2D eigenvalue weighted by atomic mass is 10.1. The summed E-state index contributed by atoms with van der Waals surface area (Å²) in [5.41, 5.74) is 8.04. The highest BCUT2D eigenvalue weighted by atomic mass is 16.2. The van der Waals surface area contributed by atoms with Gasteiger partial charge in [0.15, 0.2) is 0 Å². The van der Waals surface area contributed by atoms with Crippen LogP contribution in [-0.4, -0.2) is 47.0 Å². The van der Waals surface area contributed by atoms with Gasteiger partial charge >= 0.3 is 0 Å². The lowest BCUT2D eigenvalue weighted by Crippen LogP contribution is -2.49. The summed E-state index contributed by atoms with van der Waals surface area (Å²) in [6, 6.07) is 7.35. The summed E-state index contributed by atoms with van der Waals surface area (Å²) in [6.45, 7) is 4.65. The predicted molar refractivity (Wildman–Crippen MR) is 85.7 cm³/mol. The third-order valence-electron chi connectivity index (χ3n) is 3.92. The van der Waals surface area contributed by atoms with Crippen LogP contribution in [0.1, 0.15) is 15.9 Å². The largest absolute Gasteiger partial charge is 0.398 e. The summed E-state index contributed by atoms with van der Waals surface area (Å²) in [5.74, 6) is 0.717. The highest BCUT2D eigenvalue weighted by molar-refractivity contribution is 6.00. The molecule has 1 aliphatic rings. The van der Waals surface area contributed by atoms with Gasteiger partial charge in [0, 0.05) is 44.3 Å². The minimum Gasteiger partial charge on any atom is -0.398 e. The lowest BCUT2D eigenvalue weighted by molar-refractivity contribution is 0.0746. The highest BCUT2D eigenvalue weighted by Gasteiger charge is 2.25. The Morgan fingerprint density at radius 1 is 1.09 bits per heavy atom. The standard InChI is InChI=1S/C16H19N5O/c1-12-4-2-5-13(17)14(12)15(22)20-8-10-21(11-9-20)16-18-6-3-7-19-16/h2-7H,8-11,17H2,1H3. The first-order valence-electron chi connectivity index (χ1n) is 7.33. The SMILES string of the molecule is Cc1cccc(N)c1C(=O)N1CCN(c2ncccn2)CC1. The highest BCUT2D eigenvalue weighted by Crippen LogP contribution is 2.20. The van der Waals surface area contributed by atoms with Gasteiger partial charge in [-0.2, -0.15) is 0 Å². The molecule has 6 nitrogen and oxygen atoms in total. The van der Waals surface area contributed by atoms with Gasteiger partial charge in [0.05, 0.1) is 5.56 Å². The number of carbonyl (C=O) groups excluding carboxylic acids is 1. The lowest BCUT2D eigenvalue weighted by Gasteiger charge is -2.35. The van der Waals surface area contributed by atoms with Crippen molar-refractivity contribution in [2.75, 3.05) is 36.8 Å². The van der Waals surface area contributed by atoms with Crippen molar-refractivity contribution in [2.45, 2.75) is 6.92 Å². The molecule has 0 spiro atoms. The molecule has 0 aliphatic carbocycles. The van der Waals surface area contributed by atoms with Gasteiger partial charge < -0.3 is 15.5 Å². The Kier molecular flexibility index (Phi) is 3.91. The Labute approximate surface area is 129 Å². The van der Waals surface area contributed by atoms with Crippen molar-refractivity contribution in [1.82, 2.24) is 14.9 Å². The zero-order valence-electron chi connectivity index (χ0n) is 12.6. The van der Waals surface area contributed by atoms with Crippen molar-refractivity contribution in [2.24, 2.45) is 0 Å². The first-order valence-corrected chi connectivity index (χ1v) is 7.33. The number of carbonyl (C=O) groups is 1. The topological polar surface area (TPSA) is 75.4 Å². The van der Waals surface area contributed by atoms with Gasteiger partial charge in [0.25, 0.3) is 5.91 Å². The molecule has 2 heterocycles. The molecule has 1 aromatic carbocycles. The van der Waals surface area contributed by atoms with E-state index in [1.54, 1.807) is 24.5 Å². The molecule has 22 heavy (non-hydrogen) atoms. The molecular formula is C16H19N5O. The summed E-state index contributed by atoms with van der Waals surface area (Å²) in [4.78, 5) is 25.1. The fraction of sp³-hybridized carbons (Fsp3) is 0.312. The molecule has 0 saturated carbocycles. The normalized spacial score (nSPS) is 15.0. The number of aromatic nitrogens is 2. The number of nitrogens with two attached hydrogens (primary N) is 1. The quantitative estimate of drug-likeness (QED) is 0.846. The zero-order chi connectivity index (χ0) is 15.5. The van der Waals surface area contributed by atoms with Crippen molar-refractivity contribution in [1.29, 1.82) is 0 Å². The molecule has 1 aliphatic heterocycles. The minimum atomic E-state index is 0.00392. The Balaban J connectivity index is 1.70. The molecule has 2 aromatic rings. The molecule has 1 aromatic heterocycles. The van der Waals surface area contributed by atoms with Crippen LogP contribution >= 0.6 is 0 Å². The van der Waals surface area contributed by atoms with Crippen LogP contribution in [0.25, 0.3) is 0 Å². The minimum absolute atomic E-state index is 0.00392. The predicted octanol–water partition coefficient (Wildman–Crippen LogP) is 1.33. The van der Waals surface area contributed by atoms with E-state index in [2.05, 4.69) is 14.9 Å². The fourth-order valence-corrected chi connectivity index (χ4v) is 2.70. The molecule has 2 N–H and O–H groups in total. The van der Waals surface area contributed by atoms with Crippen molar-refractivity contribution in [3.05, 3.63) is 47.8 Å².